The first-order valence-electron chi connectivity index (χ1n) is 8.64. The fraction of sp³-hybridized carbons (Fsp3) is 0.0435. The Balaban J connectivity index is 1.62. The van der Waals surface area contributed by atoms with Crippen LogP contribution in [0, 0.1) is 0 Å². The van der Waals surface area contributed by atoms with E-state index in [2.05, 4.69) is 10.3 Å². The molecule has 0 saturated carbocycles. The summed E-state index contributed by atoms with van der Waals surface area (Å²) in [5, 5.41) is 3.95. The molecule has 1 aromatic heterocycles. The molecule has 132 valence electrons. The van der Waals surface area contributed by atoms with Gasteiger partial charge in [-0.2, -0.15) is 0 Å². The number of carbonyl (C=O) groups is 1. The summed E-state index contributed by atoms with van der Waals surface area (Å²) < 4.78 is 5.46. The molecular formula is C23H18N2O2. The number of rotatable bonds is 4. The van der Waals surface area contributed by atoms with Crippen molar-refractivity contribution >= 4 is 22.5 Å². The van der Waals surface area contributed by atoms with Crippen molar-refractivity contribution in [2.75, 3.05) is 12.4 Å². The average Bonchev–Trinajstić information content (AvgIpc) is 2.73. The third-order valence-corrected chi connectivity index (χ3v) is 4.42. The van der Waals surface area contributed by atoms with E-state index in [1.807, 2.05) is 72.8 Å². The molecule has 0 aliphatic carbocycles. The van der Waals surface area contributed by atoms with Crippen molar-refractivity contribution in [1.82, 2.24) is 4.98 Å². The highest BCUT2D eigenvalue weighted by molar-refractivity contribution is 6.07. The lowest BCUT2D eigenvalue weighted by atomic mass is 10.0. The number of ether oxygens (including phenoxy) is 1. The number of hydrogen-bond donors (Lipinski definition) is 1. The maximum absolute atomic E-state index is 12.8. The second-order valence-electron chi connectivity index (χ2n) is 6.15. The van der Waals surface area contributed by atoms with Gasteiger partial charge in [-0.3, -0.25) is 9.78 Å². The fourth-order valence-electron chi connectivity index (χ4n) is 3.03. The maximum Gasteiger partial charge on any atom is 0.259 e. The van der Waals surface area contributed by atoms with Gasteiger partial charge in [0.25, 0.3) is 5.91 Å². The smallest absolute Gasteiger partial charge is 0.259 e. The summed E-state index contributed by atoms with van der Waals surface area (Å²) in [4.78, 5) is 17.1. The number of pyridine rings is 1. The molecule has 4 rings (SSSR count). The molecule has 0 aliphatic heterocycles. The van der Waals surface area contributed by atoms with Gasteiger partial charge in [0.05, 0.1) is 18.2 Å². The third-order valence-electron chi connectivity index (χ3n) is 4.42. The van der Waals surface area contributed by atoms with E-state index >= 15 is 0 Å². The van der Waals surface area contributed by atoms with Crippen LogP contribution in [0.3, 0.4) is 0 Å². The molecule has 27 heavy (non-hydrogen) atoms. The summed E-state index contributed by atoms with van der Waals surface area (Å²) in [6.45, 7) is 0. The third kappa shape index (κ3) is 3.51. The summed E-state index contributed by atoms with van der Waals surface area (Å²) >= 11 is 0. The molecule has 0 fully saturated rings. The van der Waals surface area contributed by atoms with E-state index in [0.29, 0.717) is 17.0 Å². The first-order chi connectivity index (χ1) is 13.2. The van der Waals surface area contributed by atoms with Gasteiger partial charge in [-0.05, 0) is 41.5 Å². The highest BCUT2D eigenvalue weighted by Gasteiger charge is 2.14. The zero-order valence-corrected chi connectivity index (χ0v) is 14.8. The van der Waals surface area contributed by atoms with Crippen molar-refractivity contribution in [3.63, 3.8) is 0 Å². The largest absolute Gasteiger partial charge is 0.496 e. The van der Waals surface area contributed by atoms with Crippen LogP contribution in [0.25, 0.3) is 22.0 Å². The van der Waals surface area contributed by atoms with Crippen LogP contribution in [0.5, 0.6) is 5.75 Å². The van der Waals surface area contributed by atoms with Gasteiger partial charge in [0.15, 0.2) is 0 Å². The van der Waals surface area contributed by atoms with Crippen LogP contribution >= 0.6 is 0 Å². The number of aromatic nitrogens is 1. The molecule has 4 heteroatoms. The summed E-state index contributed by atoms with van der Waals surface area (Å²) in [7, 11) is 1.57. The summed E-state index contributed by atoms with van der Waals surface area (Å²) in [5.74, 6) is 0.314. The summed E-state index contributed by atoms with van der Waals surface area (Å²) in [5.41, 5.74) is 4.09. The SMILES string of the molecule is COc1cc(-c2ccccc2)ccc1C(=O)Nc1ccc2cccnc2c1. The van der Waals surface area contributed by atoms with Gasteiger partial charge in [-0.25, -0.2) is 0 Å². The Hall–Kier alpha value is -3.66. The predicted octanol–water partition coefficient (Wildman–Crippen LogP) is 5.16. The van der Waals surface area contributed by atoms with Crippen molar-refractivity contribution < 1.29 is 9.53 Å². The van der Waals surface area contributed by atoms with Gasteiger partial charge < -0.3 is 10.1 Å². The van der Waals surface area contributed by atoms with Crippen LogP contribution in [0.1, 0.15) is 10.4 Å². The Morgan fingerprint density at radius 1 is 0.889 bits per heavy atom. The summed E-state index contributed by atoms with van der Waals surface area (Å²) in [6.07, 6.45) is 1.74. The van der Waals surface area contributed by atoms with Gasteiger partial charge in [0.1, 0.15) is 5.75 Å². The molecule has 0 unspecified atom stereocenters. The molecule has 0 atom stereocenters. The van der Waals surface area contributed by atoms with Crippen molar-refractivity contribution in [3.8, 4) is 16.9 Å². The molecule has 1 N–H and O–H groups in total. The molecule has 0 radical (unpaired) electrons. The van der Waals surface area contributed by atoms with Crippen LogP contribution in [-0.2, 0) is 0 Å². The molecule has 4 nitrogen and oxygen atoms in total. The monoisotopic (exact) mass is 354 g/mol. The van der Waals surface area contributed by atoms with Crippen molar-refractivity contribution in [3.05, 3.63) is 90.6 Å². The number of nitrogens with zero attached hydrogens (tertiary/aromatic N) is 1. The van der Waals surface area contributed by atoms with Crippen molar-refractivity contribution in [1.29, 1.82) is 0 Å². The Kier molecular flexibility index (Phi) is 4.54. The molecule has 0 spiro atoms. The number of hydrogen-bond acceptors (Lipinski definition) is 3. The van der Waals surface area contributed by atoms with E-state index in [1.165, 1.54) is 0 Å². The first-order valence-corrected chi connectivity index (χ1v) is 8.64. The van der Waals surface area contributed by atoms with Gasteiger partial charge in [0, 0.05) is 17.3 Å². The van der Waals surface area contributed by atoms with E-state index in [1.54, 1.807) is 19.4 Å². The second kappa shape index (κ2) is 7.30. The number of anilines is 1. The number of carbonyl (C=O) groups excluding carboxylic acids is 1. The average molecular weight is 354 g/mol. The minimum absolute atomic E-state index is 0.221. The van der Waals surface area contributed by atoms with E-state index in [-0.39, 0.29) is 5.91 Å². The molecule has 1 amide bonds. The lowest BCUT2D eigenvalue weighted by Crippen LogP contribution is -2.13. The Labute approximate surface area is 157 Å². The molecular weight excluding hydrogens is 336 g/mol. The Morgan fingerprint density at radius 2 is 1.74 bits per heavy atom. The van der Waals surface area contributed by atoms with Gasteiger partial charge >= 0.3 is 0 Å². The second-order valence-corrected chi connectivity index (χ2v) is 6.15. The number of benzene rings is 3. The first kappa shape index (κ1) is 16.8. The normalized spacial score (nSPS) is 10.6. The minimum atomic E-state index is -0.221. The topological polar surface area (TPSA) is 51.2 Å². The molecule has 0 saturated heterocycles. The Morgan fingerprint density at radius 3 is 2.56 bits per heavy atom. The van der Waals surface area contributed by atoms with Crippen LogP contribution in [0.15, 0.2) is 85.1 Å². The van der Waals surface area contributed by atoms with Crippen molar-refractivity contribution in [2.24, 2.45) is 0 Å². The molecule has 0 aliphatic rings. The van der Waals surface area contributed by atoms with E-state index in [0.717, 1.165) is 22.0 Å². The molecule has 3 aromatic carbocycles. The lowest BCUT2D eigenvalue weighted by Gasteiger charge is -2.12. The minimum Gasteiger partial charge on any atom is -0.496 e. The van der Waals surface area contributed by atoms with Gasteiger partial charge in [0.2, 0.25) is 0 Å². The van der Waals surface area contributed by atoms with E-state index in [9.17, 15) is 4.79 Å². The molecule has 4 aromatic rings. The van der Waals surface area contributed by atoms with Crippen molar-refractivity contribution in [2.45, 2.75) is 0 Å². The standard InChI is InChI=1S/C23H18N2O2/c1-27-22-14-18(16-6-3-2-4-7-16)10-12-20(22)23(26)25-19-11-9-17-8-5-13-24-21(17)15-19/h2-15H,1H3,(H,25,26). The lowest BCUT2D eigenvalue weighted by molar-refractivity contribution is 0.102. The highest BCUT2D eigenvalue weighted by atomic mass is 16.5. The number of methoxy groups -OCH3 is 1. The summed E-state index contributed by atoms with van der Waals surface area (Å²) in [6, 6.07) is 25.1. The molecule has 0 bridgehead atoms. The Bertz CT molecular complexity index is 1110. The number of amides is 1. The molecule has 1 heterocycles. The van der Waals surface area contributed by atoms with Gasteiger partial charge in [-0.1, -0.05) is 48.5 Å². The zero-order chi connectivity index (χ0) is 18.6. The van der Waals surface area contributed by atoms with Crippen LogP contribution in [-0.4, -0.2) is 18.0 Å². The number of fused-ring (bicyclic) bond motifs is 1. The quantitative estimate of drug-likeness (QED) is 0.550. The van der Waals surface area contributed by atoms with Gasteiger partial charge in [-0.15, -0.1) is 0 Å². The zero-order valence-electron chi connectivity index (χ0n) is 14.8. The highest BCUT2D eigenvalue weighted by Crippen LogP contribution is 2.28. The fourth-order valence-corrected chi connectivity index (χ4v) is 3.03. The van der Waals surface area contributed by atoms with Crippen LogP contribution in [0.2, 0.25) is 0 Å². The number of nitrogens with one attached hydrogen (secondary N) is 1. The van der Waals surface area contributed by atoms with E-state index in [4.69, 9.17) is 4.74 Å². The van der Waals surface area contributed by atoms with Crippen LogP contribution < -0.4 is 10.1 Å². The van der Waals surface area contributed by atoms with Crippen LogP contribution in [0.4, 0.5) is 5.69 Å². The predicted molar refractivity (Wildman–Crippen MR) is 108 cm³/mol. The van der Waals surface area contributed by atoms with E-state index < -0.39 is 0 Å². The maximum atomic E-state index is 12.8.